The van der Waals surface area contributed by atoms with E-state index in [1.165, 1.54) is 15.5 Å². The molecule has 0 saturated carbocycles. The molecule has 112 valence electrons. The van der Waals surface area contributed by atoms with Gasteiger partial charge in [-0.2, -0.15) is 0 Å². The van der Waals surface area contributed by atoms with E-state index in [-0.39, 0.29) is 18.0 Å². The lowest BCUT2D eigenvalue weighted by atomic mass is 10.2. The van der Waals surface area contributed by atoms with E-state index < -0.39 is 0 Å². The fourth-order valence-electron chi connectivity index (χ4n) is 2.54. The first-order chi connectivity index (χ1) is 10.1. The van der Waals surface area contributed by atoms with Gasteiger partial charge in [0.2, 0.25) is 5.91 Å². The average Bonchev–Trinajstić information content (AvgIpc) is 2.76. The van der Waals surface area contributed by atoms with Gasteiger partial charge in [-0.1, -0.05) is 0 Å². The van der Waals surface area contributed by atoms with E-state index >= 15 is 0 Å². The summed E-state index contributed by atoms with van der Waals surface area (Å²) in [6.07, 6.45) is 0. The summed E-state index contributed by atoms with van der Waals surface area (Å²) in [7, 11) is 0. The van der Waals surface area contributed by atoms with Crippen LogP contribution in [0.4, 0.5) is 0 Å². The monoisotopic (exact) mass is 307 g/mol. The van der Waals surface area contributed by atoms with E-state index in [9.17, 15) is 9.59 Å². The van der Waals surface area contributed by atoms with Crippen molar-refractivity contribution in [1.82, 2.24) is 13.8 Å². The van der Waals surface area contributed by atoms with E-state index in [1.54, 1.807) is 4.90 Å². The molecule has 0 aromatic carbocycles. The SMILES string of the molecule is Cc1cc(C)c2c(=O)n(CC(=O)N3CCOCC3)sc2n1. The second-order valence-corrected chi connectivity index (χ2v) is 6.20. The maximum absolute atomic E-state index is 12.4. The van der Waals surface area contributed by atoms with Crippen molar-refractivity contribution in [2.75, 3.05) is 26.3 Å². The maximum Gasteiger partial charge on any atom is 0.270 e. The standard InChI is InChI=1S/C14H17N3O3S/c1-9-7-10(2)15-13-12(9)14(19)17(21-13)8-11(18)16-3-5-20-6-4-16/h7H,3-6,8H2,1-2H3. The molecule has 21 heavy (non-hydrogen) atoms. The number of ether oxygens (including phenoxy) is 1. The minimum absolute atomic E-state index is 0.0404. The number of hydrogen-bond donors (Lipinski definition) is 0. The highest BCUT2D eigenvalue weighted by molar-refractivity contribution is 7.13. The predicted octanol–water partition coefficient (Wildman–Crippen LogP) is 0.934. The van der Waals surface area contributed by atoms with Crippen LogP contribution >= 0.6 is 11.5 Å². The molecule has 0 unspecified atom stereocenters. The van der Waals surface area contributed by atoms with Gasteiger partial charge in [0.05, 0.1) is 18.6 Å². The van der Waals surface area contributed by atoms with Crippen molar-refractivity contribution in [2.45, 2.75) is 20.4 Å². The van der Waals surface area contributed by atoms with Gasteiger partial charge in [-0.15, -0.1) is 0 Å². The highest BCUT2D eigenvalue weighted by Crippen LogP contribution is 2.19. The molecule has 0 bridgehead atoms. The van der Waals surface area contributed by atoms with E-state index in [2.05, 4.69) is 4.98 Å². The highest BCUT2D eigenvalue weighted by Gasteiger charge is 2.20. The Morgan fingerprint density at radius 2 is 2.10 bits per heavy atom. The lowest BCUT2D eigenvalue weighted by Crippen LogP contribution is -2.42. The van der Waals surface area contributed by atoms with Crippen LogP contribution in [0.25, 0.3) is 10.2 Å². The third-order valence-corrected chi connectivity index (χ3v) is 4.57. The number of aryl methyl sites for hydroxylation is 2. The second-order valence-electron chi connectivity index (χ2n) is 5.19. The van der Waals surface area contributed by atoms with Crippen LogP contribution < -0.4 is 5.56 Å². The third kappa shape index (κ3) is 2.71. The molecule has 0 N–H and O–H groups in total. The third-order valence-electron chi connectivity index (χ3n) is 3.59. The molecule has 2 aromatic rings. The minimum atomic E-state index is -0.124. The van der Waals surface area contributed by atoms with E-state index in [0.717, 1.165) is 11.3 Å². The Hall–Kier alpha value is -1.73. The average molecular weight is 307 g/mol. The van der Waals surface area contributed by atoms with Gasteiger partial charge in [0.1, 0.15) is 11.4 Å². The predicted molar refractivity (Wildman–Crippen MR) is 80.8 cm³/mol. The second kappa shape index (κ2) is 5.57. The van der Waals surface area contributed by atoms with Crippen LogP contribution in [0.5, 0.6) is 0 Å². The molecule has 3 heterocycles. The zero-order valence-electron chi connectivity index (χ0n) is 12.1. The lowest BCUT2D eigenvalue weighted by molar-refractivity contribution is -0.135. The number of fused-ring (bicyclic) bond motifs is 1. The van der Waals surface area contributed by atoms with E-state index in [4.69, 9.17) is 4.74 Å². The smallest absolute Gasteiger partial charge is 0.270 e. The molecular formula is C14H17N3O3S. The molecule has 0 aliphatic carbocycles. The van der Waals surface area contributed by atoms with Gasteiger partial charge in [0.25, 0.3) is 5.56 Å². The van der Waals surface area contributed by atoms with Crippen LogP contribution in [0.1, 0.15) is 11.3 Å². The Bertz CT molecular complexity index is 744. The van der Waals surface area contributed by atoms with Gasteiger partial charge in [-0.3, -0.25) is 13.5 Å². The molecule has 0 spiro atoms. The molecule has 0 atom stereocenters. The first kappa shape index (κ1) is 14.2. The Labute approximate surface area is 126 Å². The van der Waals surface area contributed by atoms with Gasteiger partial charge in [0, 0.05) is 18.8 Å². The van der Waals surface area contributed by atoms with Crippen LogP contribution in [-0.2, 0) is 16.1 Å². The van der Waals surface area contributed by atoms with Crippen LogP contribution in [0, 0.1) is 13.8 Å². The van der Waals surface area contributed by atoms with Crippen molar-refractivity contribution >= 4 is 27.7 Å². The van der Waals surface area contributed by atoms with Crippen LogP contribution in [0.15, 0.2) is 10.9 Å². The number of carbonyl (C=O) groups is 1. The molecule has 1 amide bonds. The topological polar surface area (TPSA) is 64.4 Å². The van der Waals surface area contributed by atoms with Crippen molar-refractivity contribution in [3.05, 3.63) is 27.7 Å². The molecule has 1 aliphatic heterocycles. The quantitative estimate of drug-likeness (QED) is 0.828. The summed E-state index contributed by atoms with van der Waals surface area (Å²) in [5.74, 6) is -0.0404. The Kier molecular flexibility index (Phi) is 3.77. The number of pyridine rings is 1. The molecule has 2 aromatic heterocycles. The largest absolute Gasteiger partial charge is 0.378 e. The van der Waals surface area contributed by atoms with Gasteiger partial charge in [0.15, 0.2) is 0 Å². The molecule has 3 rings (SSSR count). The molecule has 7 heteroatoms. The molecule has 1 fully saturated rings. The zero-order valence-corrected chi connectivity index (χ0v) is 12.9. The van der Waals surface area contributed by atoms with Gasteiger partial charge < -0.3 is 9.64 Å². The van der Waals surface area contributed by atoms with Crippen molar-refractivity contribution in [2.24, 2.45) is 0 Å². The number of amides is 1. The van der Waals surface area contributed by atoms with Crippen molar-refractivity contribution in [3.8, 4) is 0 Å². The van der Waals surface area contributed by atoms with Gasteiger partial charge in [-0.05, 0) is 37.0 Å². The highest BCUT2D eigenvalue weighted by atomic mass is 32.1. The summed E-state index contributed by atoms with van der Waals surface area (Å²) in [6, 6.07) is 1.89. The Morgan fingerprint density at radius 3 is 2.81 bits per heavy atom. The molecule has 1 saturated heterocycles. The molecule has 0 radical (unpaired) electrons. The Morgan fingerprint density at radius 1 is 1.38 bits per heavy atom. The summed E-state index contributed by atoms with van der Waals surface area (Å²) < 4.78 is 6.73. The van der Waals surface area contributed by atoms with Crippen molar-refractivity contribution in [3.63, 3.8) is 0 Å². The van der Waals surface area contributed by atoms with Crippen LogP contribution in [0.3, 0.4) is 0 Å². The number of carbonyl (C=O) groups excluding carboxylic acids is 1. The molecule has 6 nitrogen and oxygen atoms in total. The molecular weight excluding hydrogens is 290 g/mol. The van der Waals surface area contributed by atoms with Crippen LogP contribution in [-0.4, -0.2) is 46.1 Å². The fourth-order valence-corrected chi connectivity index (χ4v) is 3.62. The normalized spacial score (nSPS) is 15.6. The summed E-state index contributed by atoms with van der Waals surface area (Å²) in [5.41, 5.74) is 1.67. The summed E-state index contributed by atoms with van der Waals surface area (Å²) in [5, 5.41) is 0.625. The number of hydrogen-bond acceptors (Lipinski definition) is 5. The van der Waals surface area contributed by atoms with Gasteiger partial charge >= 0.3 is 0 Å². The fraction of sp³-hybridized carbons (Fsp3) is 0.500. The van der Waals surface area contributed by atoms with Crippen molar-refractivity contribution < 1.29 is 9.53 Å². The minimum Gasteiger partial charge on any atom is -0.378 e. The first-order valence-corrected chi connectivity index (χ1v) is 7.67. The lowest BCUT2D eigenvalue weighted by Gasteiger charge is -2.26. The van der Waals surface area contributed by atoms with Crippen LogP contribution in [0.2, 0.25) is 0 Å². The van der Waals surface area contributed by atoms with E-state index in [0.29, 0.717) is 36.5 Å². The van der Waals surface area contributed by atoms with Crippen molar-refractivity contribution in [1.29, 1.82) is 0 Å². The summed E-state index contributed by atoms with van der Waals surface area (Å²) in [6.45, 7) is 6.20. The number of nitrogens with zero attached hydrogens (tertiary/aromatic N) is 3. The zero-order chi connectivity index (χ0) is 15.0. The maximum atomic E-state index is 12.4. The van der Waals surface area contributed by atoms with E-state index in [1.807, 2.05) is 19.9 Å². The summed E-state index contributed by atoms with van der Waals surface area (Å²) in [4.78, 5) is 31.5. The van der Waals surface area contributed by atoms with Gasteiger partial charge in [-0.25, -0.2) is 4.98 Å². The molecule has 1 aliphatic rings. The first-order valence-electron chi connectivity index (χ1n) is 6.90. The number of morpholine rings is 1. The summed E-state index contributed by atoms with van der Waals surface area (Å²) >= 11 is 1.26. The number of rotatable bonds is 2. The Balaban J connectivity index is 1.90. The number of aromatic nitrogens is 2.